The third kappa shape index (κ3) is 4.92. The van der Waals surface area contributed by atoms with Gasteiger partial charge in [-0.1, -0.05) is 24.7 Å². The number of carbonyl (C=O) groups excluding carboxylic acids is 1. The highest BCUT2D eigenvalue weighted by Crippen LogP contribution is 2.33. The lowest BCUT2D eigenvalue weighted by molar-refractivity contribution is -0.138. The Hall–Kier alpha value is -0.930. The van der Waals surface area contributed by atoms with Crippen LogP contribution < -0.4 is 11.1 Å². The molecule has 3 N–H and O–H groups in total. The predicted molar refractivity (Wildman–Crippen MR) is 68.3 cm³/mol. The van der Waals surface area contributed by atoms with Crippen LogP contribution in [0.1, 0.15) is 31.7 Å². The minimum atomic E-state index is -4.56. The number of alkyl halides is 3. The molecule has 0 saturated carbocycles. The third-order valence-corrected chi connectivity index (χ3v) is 3.06. The molecule has 0 saturated heterocycles. The van der Waals surface area contributed by atoms with Gasteiger partial charge < -0.3 is 5.73 Å². The summed E-state index contributed by atoms with van der Waals surface area (Å²) in [5.41, 5.74) is 4.59. The molecule has 1 heterocycles. The van der Waals surface area contributed by atoms with E-state index in [1.807, 2.05) is 6.92 Å². The van der Waals surface area contributed by atoms with Crippen molar-refractivity contribution in [2.75, 3.05) is 5.32 Å². The molecule has 10 heteroatoms. The highest BCUT2D eigenvalue weighted by molar-refractivity contribution is 7.15. The Kier molecular flexibility index (Phi) is 6.17. The van der Waals surface area contributed by atoms with E-state index < -0.39 is 22.6 Å². The Morgan fingerprint density at radius 1 is 1.42 bits per heavy atom. The van der Waals surface area contributed by atoms with Crippen LogP contribution in [0.3, 0.4) is 0 Å². The van der Waals surface area contributed by atoms with E-state index in [0.29, 0.717) is 12.8 Å². The van der Waals surface area contributed by atoms with E-state index in [4.69, 9.17) is 5.73 Å². The van der Waals surface area contributed by atoms with Crippen LogP contribution in [0.2, 0.25) is 0 Å². The van der Waals surface area contributed by atoms with E-state index in [1.165, 1.54) is 6.92 Å². The summed E-state index contributed by atoms with van der Waals surface area (Å²) in [6.07, 6.45) is -3.45. The number of halogens is 4. The second-order valence-corrected chi connectivity index (χ2v) is 5.01. The van der Waals surface area contributed by atoms with Crippen molar-refractivity contribution in [3.05, 3.63) is 5.01 Å². The van der Waals surface area contributed by atoms with Gasteiger partial charge in [-0.3, -0.25) is 10.1 Å². The van der Waals surface area contributed by atoms with Crippen LogP contribution in [0.25, 0.3) is 0 Å². The Balaban J connectivity index is 0.00000324. The zero-order valence-corrected chi connectivity index (χ0v) is 11.9. The van der Waals surface area contributed by atoms with Crippen LogP contribution >= 0.6 is 23.7 Å². The lowest BCUT2D eigenvalue weighted by Crippen LogP contribution is -2.48. The molecular formula is C9H14ClF3N4OS. The summed E-state index contributed by atoms with van der Waals surface area (Å²) in [6.45, 7) is 3.36. The summed E-state index contributed by atoms with van der Waals surface area (Å²) in [6, 6.07) is 0. The lowest BCUT2D eigenvalue weighted by atomic mass is 9.97. The van der Waals surface area contributed by atoms with Gasteiger partial charge in [0, 0.05) is 0 Å². The molecule has 0 spiro atoms. The smallest absolute Gasteiger partial charge is 0.318 e. The van der Waals surface area contributed by atoms with E-state index in [1.54, 1.807) is 0 Å². The molecule has 1 aromatic rings. The van der Waals surface area contributed by atoms with Crippen LogP contribution in [-0.2, 0) is 11.0 Å². The molecule has 1 unspecified atom stereocenters. The summed E-state index contributed by atoms with van der Waals surface area (Å²) < 4.78 is 36.8. The average molecular weight is 319 g/mol. The molecule has 1 aromatic heterocycles. The number of anilines is 1. The number of rotatable bonds is 4. The van der Waals surface area contributed by atoms with E-state index in [-0.39, 0.29) is 28.9 Å². The fourth-order valence-corrected chi connectivity index (χ4v) is 1.87. The van der Waals surface area contributed by atoms with Gasteiger partial charge >= 0.3 is 6.18 Å². The van der Waals surface area contributed by atoms with Gasteiger partial charge in [0.05, 0.1) is 5.54 Å². The van der Waals surface area contributed by atoms with Gasteiger partial charge in [0.15, 0.2) is 0 Å². The summed E-state index contributed by atoms with van der Waals surface area (Å²) in [5.74, 6) is -0.575. The van der Waals surface area contributed by atoms with Gasteiger partial charge in [-0.2, -0.15) is 13.2 Å². The van der Waals surface area contributed by atoms with Crippen molar-refractivity contribution in [2.45, 2.75) is 38.4 Å². The molecule has 0 aliphatic carbocycles. The molecule has 1 atom stereocenters. The van der Waals surface area contributed by atoms with Crippen molar-refractivity contribution in [1.29, 1.82) is 0 Å². The fourth-order valence-electron chi connectivity index (χ4n) is 1.26. The van der Waals surface area contributed by atoms with Gasteiger partial charge in [0.1, 0.15) is 0 Å². The van der Waals surface area contributed by atoms with E-state index in [9.17, 15) is 18.0 Å². The number of nitrogens with one attached hydrogen (secondary N) is 1. The maximum absolute atomic E-state index is 12.3. The van der Waals surface area contributed by atoms with Crippen molar-refractivity contribution >= 4 is 34.8 Å². The van der Waals surface area contributed by atoms with E-state index in [2.05, 4.69) is 15.5 Å². The summed E-state index contributed by atoms with van der Waals surface area (Å²) >= 11 is 0.268. The first-order valence-corrected chi connectivity index (χ1v) is 5.99. The molecule has 0 aliphatic heterocycles. The fraction of sp³-hybridized carbons (Fsp3) is 0.667. The van der Waals surface area contributed by atoms with Crippen molar-refractivity contribution in [3.63, 3.8) is 0 Å². The number of hydrogen-bond donors (Lipinski definition) is 2. The number of nitrogens with zero attached hydrogens (tertiary/aromatic N) is 2. The second-order valence-electron chi connectivity index (χ2n) is 4.03. The molecular weight excluding hydrogens is 305 g/mol. The van der Waals surface area contributed by atoms with Crippen molar-refractivity contribution in [3.8, 4) is 0 Å². The Morgan fingerprint density at radius 3 is 2.42 bits per heavy atom. The highest BCUT2D eigenvalue weighted by Gasteiger charge is 2.36. The first-order valence-electron chi connectivity index (χ1n) is 5.18. The average Bonchev–Trinajstić information content (AvgIpc) is 2.65. The first-order chi connectivity index (χ1) is 8.16. The van der Waals surface area contributed by atoms with Crippen LogP contribution in [0.5, 0.6) is 0 Å². The van der Waals surface area contributed by atoms with Gasteiger partial charge in [-0.15, -0.1) is 22.6 Å². The standard InChI is InChI=1S/C9H13F3N4OS.ClH/c1-3-4-8(2,13)5(17)14-7-16-15-6(18-7)9(10,11)12;/h3-4,13H2,1-2H3,(H,14,16,17);1H. The van der Waals surface area contributed by atoms with E-state index >= 15 is 0 Å². The molecule has 5 nitrogen and oxygen atoms in total. The molecule has 1 rings (SSSR count). The Bertz CT molecular complexity index is 435. The molecule has 0 fully saturated rings. The van der Waals surface area contributed by atoms with Gasteiger partial charge in [-0.25, -0.2) is 0 Å². The van der Waals surface area contributed by atoms with Crippen molar-refractivity contribution in [2.24, 2.45) is 5.73 Å². The molecule has 1 amide bonds. The number of hydrogen-bond acceptors (Lipinski definition) is 5. The quantitative estimate of drug-likeness (QED) is 0.893. The van der Waals surface area contributed by atoms with E-state index in [0.717, 1.165) is 0 Å². The molecule has 0 aromatic carbocycles. The molecule has 0 aliphatic rings. The number of carbonyl (C=O) groups is 1. The minimum absolute atomic E-state index is 0. The predicted octanol–water partition coefficient (Wildman–Crippen LogP) is 2.43. The number of aromatic nitrogens is 2. The topological polar surface area (TPSA) is 80.9 Å². The van der Waals surface area contributed by atoms with Crippen LogP contribution in [-0.4, -0.2) is 21.6 Å². The largest absolute Gasteiger partial charge is 0.445 e. The number of nitrogens with two attached hydrogens (primary N) is 1. The Morgan fingerprint density at radius 2 is 2.00 bits per heavy atom. The minimum Gasteiger partial charge on any atom is -0.318 e. The molecule has 0 radical (unpaired) electrons. The van der Waals surface area contributed by atoms with Gasteiger partial charge in [0.25, 0.3) is 0 Å². The second kappa shape index (κ2) is 6.49. The van der Waals surface area contributed by atoms with Crippen molar-refractivity contribution < 1.29 is 18.0 Å². The van der Waals surface area contributed by atoms with Crippen LogP contribution in [0.4, 0.5) is 18.3 Å². The molecule has 0 bridgehead atoms. The third-order valence-electron chi connectivity index (χ3n) is 2.18. The monoisotopic (exact) mass is 318 g/mol. The molecule has 110 valence electrons. The van der Waals surface area contributed by atoms with Gasteiger partial charge in [-0.05, 0) is 13.3 Å². The lowest BCUT2D eigenvalue weighted by Gasteiger charge is -2.21. The molecule has 19 heavy (non-hydrogen) atoms. The Labute approximate surface area is 118 Å². The zero-order chi connectivity index (χ0) is 14.0. The zero-order valence-electron chi connectivity index (χ0n) is 10.2. The number of amides is 1. The normalized spacial score (nSPS) is 14.4. The maximum atomic E-state index is 12.3. The van der Waals surface area contributed by atoms with Gasteiger partial charge in [0.2, 0.25) is 16.0 Å². The maximum Gasteiger partial charge on any atom is 0.445 e. The summed E-state index contributed by atoms with van der Waals surface area (Å²) in [4.78, 5) is 11.7. The van der Waals surface area contributed by atoms with Crippen molar-refractivity contribution in [1.82, 2.24) is 10.2 Å². The summed E-state index contributed by atoms with van der Waals surface area (Å²) in [5, 5.41) is 7.14. The summed E-state index contributed by atoms with van der Waals surface area (Å²) in [7, 11) is 0. The van der Waals surface area contributed by atoms with Crippen LogP contribution in [0.15, 0.2) is 0 Å². The highest BCUT2D eigenvalue weighted by atomic mass is 35.5. The SMILES string of the molecule is CCCC(C)(N)C(=O)Nc1nnc(C(F)(F)F)s1.Cl. The van der Waals surface area contributed by atoms with Crippen LogP contribution in [0, 0.1) is 0 Å². The first kappa shape index (κ1) is 18.1.